The Morgan fingerprint density at radius 1 is 1.56 bits per heavy atom. The van der Waals surface area contributed by atoms with Gasteiger partial charge < -0.3 is 10.2 Å². The molecule has 0 bridgehead atoms. The number of rotatable bonds is 3. The van der Waals surface area contributed by atoms with E-state index in [9.17, 15) is 0 Å². The topological polar surface area (TPSA) is 15.3 Å². The molecule has 1 aromatic rings. The lowest BCUT2D eigenvalue weighted by Crippen LogP contribution is -2.41. The number of thiophene rings is 1. The van der Waals surface area contributed by atoms with Gasteiger partial charge in [0.25, 0.3) is 0 Å². The smallest absolute Gasteiger partial charge is 0.169 e. The molecule has 1 N–H and O–H groups in total. The van der Waals surface area contributed by atoms with Gasteiger partial charge in [-0.05, 0) is 36.5 Å². The van der Waals surface area contributed by atoms with Crippen molar-refractivity contribution in [1.29, 1.82) is 0 Å². The molecular weight excluding hydrogens is 236 g/mol. The maximum atomic E-state index is 5.41. The van der Waals surface area contributed by atoms with Gasteiger partial charge in [-0.25, -0.2) is 0 Å². The minimum Gasteiger partial charge on any atom is -0.360 e. The first-order valence-corrected chi connectivity index (χ1v) is 7.08. The molecule has 0 radical (unpaired) electrons. The second kappa shape index (κ2) is 5.64. The zero-order valence-corrected chi connectivity index (χ0v) is 11.2. The van der Waals surface area contributed by atoms with Crippen LogP contribution in [0.3, 0.4) is 0 Å². The molecule has 4 heteroatoms. The fourth-order valence-corrected chi connectivity index (χ4v) is 3.05. The summed E-state index contributed by atoms with van der Waals surface area (Å²) in [4.78, 5) is 3.48. The largest absolute Gasteiger partial charge is 0.360 e. The summed E-state index contributed by atoms with van der Waals surface area (Å²) in [6.45, 7) is 0.913. The van der Waals surface area contributed by atoms with Gasteiger partial charge in [-0.15, -0.1) is 11.3 Å². The molecule has 0 amide bonds. The molecule has 1 saturated carbocycles. The number of hydrogen-bond acceptors (Lipinski definition) is 2. The third-order valence-electron chi connectivity index (χ3n) is 3.00. The van der Waals surface area contributed by atoms with Crippen molar-refractivity contribution in [3.63, 3.8) is 0 Å². The lowest BCUT2D eigenvalue weighted by atomic mass is 10.2. The zero-order valence-electron chi connectivity index (χ0n) is 9.61. The highest BCUT2D eigenvalue weighted by molar-refractivity contribution is 7.80. The van der Waals surface area contributed by atoms with Crippen molar-refractivity contribution in [3.8, 4) is 0 Å². The molecule has 0 atom stereocenters. The van der Waals surface area contributed by atoms with Crippen LogP contribution in [0.1, 0.15) is 30.6 Å². The van der Waals surface area contributed by atoms with E-state index in [1.807, 2.05) is 0 Å². The van der Waals surface area contributed by atoms with Crippen molar-refractivity contribution >= 4 is 28.7 Å². The molecule has 2 rings (SSSR count). The highest BCUT2D eigenvalue weighted by Gasteiger charge is 2.17. The first kappa shape index (κ1) is 11.9. The molecule has 1 aliphatic rings. The molecule has 1 aromatic heterocycles. The quantitative estimate of drug-likeness (QED) is 0.835. The molecule has 0 aliphatic heterocycles. The van der Waals surface area contributed by atoms with Crippen LogP contribution in [0.5, 0.6) is 0 Å². The molecular formula is C12H18N2S2. The van der Waals surface area contributed by atoms with Gasteiger partial charge >= 0.3 is 0 Å². The molecule has 88 valence electrons. The van der Waals surface area contributed by atoms with Crippen molar-refractivity contribution in [2.24, 2.45) is 0 Å². The van der Waals surface area contributed by atoms with E-state index < -0.39 is 0 Å². The second-order valence-electron chi connectivity index (χ2n) is 4.37. The van der Waals surface area contributed by atoms with Crippen LogP contribution in [-0.4, -0.2) is 23.1 Å². The van der Waals surface area contributed by atoms with Crippen molar-refractivity contribution in [2.75, 3.05) is 7.05 Å². The Kier molecular flexibility index (Phi) is 4.18. The summed E-state index contributed by atoms with van der Waals surface area (Å²) in [5.41, 5.74) is 0. The van der Waals surface area contributed by atoms with Crippen LogP contribution in [0.2, 0.25) is 0 Å². The minimum atomic E-state index is 0.610. The summed E-state index contributed by atoms with van der Waals surface area (Å²) >= 11 is 7.19. The monoisotopic (exact) mass is 254 g/mol. The van der Waals surface area contributed by atoms with Crippen LogP contribution in [0.25, 0.3) is 0 Å². The molecule has 2 nitrogen and oxygen atoms in total. The maximum Gasteiger partial charge on any atom is 0.169 e. The first-order valence-electron chi connectivity index (χ1n) is 5.80. The summed E-state index contributed by atoms with van der Waals surface area (Å²) in [6.07, 6.45) is 5.23. The summed E-state index contributed by atoms with van der Waals surface area (Å²) in [7, 11) is 2.06. The Bertz CT molecular complexity index is 329. The number of hydrogen-bond donors (Lipinski definition) is 1. The van der Waals surface area contributed by atoms with Gasteiger partial charge in [-0.1, -0.05) is 18.9 Å². The molecule has 16 heavy (non-hydrogen) atoms. The Labute approximate surface area is 107 Å². The Hall–Kier alpha value is -0.610. The Morgan fingerprint density at radius 3 is 2.94 bits per heavy atom. The van der Waals surface area contributed by atoms with Crippen molar-refractivity contribution in [1.82, 2.24) is 10.2 Å². The molecule has 0 unspecified atom stereocenters. The summed E-state index contributed by atoms with van der Waals surface area (Å²) in [5, 5.41) is 6.45. The van der Waals surface area contributed by atoms with E-state index >= 15 is 0 Å². The van der Waals surface area contributed by atoms with Gasteiger partial charge in [0.05, 0.1) is 6.54 Å². The molecule has 0 spiro atoms. The van der Waals surface area contributed by atoms with Crippen LogP contribution < -0.4 is 5.32 Å². The highest BCUT2D eigenvalue weighted by atomic mass is 32.1. The molecule has 0 aromatic carbocycles. The third kappa shape index (κ3) is 3.19. The van der Waals surface area contributed by atoms with Gasteiger partial charge in [0.2, 0.25) is 0 Å². The first-order chi connectivity index (χ1) is 7.75. The molecule has 1 fully saturated rings. The molecule has 1 heterocycles. The van der Waals surface area contributed by atoms with E-state index in [0.29, 0.717) is 6.04 Å². The van der Waals surface area contributed by atoms with Gasteiger partial charge in [0.1, 0.15) is 0 Å². The SMILES string of the molecule is CN(Cc1cccs1)C(=S)NC1CCCC1. The zero-order chi connectivity index (χ0) is 11.4. The van der Waals surface area contributed by atoms with E-state index in [0.717, 1.165) is 11.7 Å². The average molecular weight is 254 g/mol. The normalized spacial score (nSPS) is 16.3. The van der Waals surface area contributed by atoms with E-state index in [1.165, 1.54) is 30.6 Å². The minimum absolute atomic E-state index is 0.610. The number of nitrogens with one attached hydrogen (secondary N) is 1. The third-order valence-corrected chi connectivity index (χ3v) is 4.29. The fraction of sp³-hybridized carbons (Fsp3) is 0.583. The van der Waals surface area contributed by atoms with Crippen LogP contribution in [0.15, 0.2) is 17.5 Å². The summed E-state index contributed by atoms with van der Waals surface area (Å²) in [5.74, 6) is 0. The van der Waals surface area contributed by atoms with Crippen molar-refractivity contribution in [3.05, 3.63) is 22.4 Å². The predicted molar refractivity (Wildman–Crippen MR) is 73.8 cm³/mol. The van der Waals surface area contributed by atoms with Crippen molar-refractivity contribution in [2.45, 2.75) is 38.3 Å². The fourth-order valence-electron chi connectivity index (χ4n) is 2.06. The van der Waals surface area contributed by atoms with E-state index in [2.05, 4.69) is 34.8 Å². The van der Waals surface area contributed by atoms with Crippen LogP contribution in [0.4, 0.5) is 0 Å². The van der Waals surface area contributed by atoms with Gasteiger partial charge in [-0.2, -0.15) is 0 Å². The Balaban J connectivity index is 1.79. The number of nitrogens with zero attached hydrogens (tertiary/aromatic N) is 1. The lowest BCUT2D eigenvalue weighted by molar-refractivity contribution is 0.475. The molecule has 1 aliphatic carbocycles. The molecule has 0 saturated heterocycles. The van der Waals surface area contributed by atoms with Gasteiger partial charge in [-0.3, -0.25) is 0 Å². The Morgan fingerprint density at radius 2 is 2.31 bits per heavy atom. The van der Waals surface area contributed by atoms with Crippen LogP contribution in [-0.2, 0) is 6.54 Å². The van der Waals surface area contributed by atoms with Crippen LogP contribution in [0, 0.1) is 0 Å². The predicted octanol–water partition coefficient (Wildman–Crippen LogP) is 3.00. The summed E-state index contributed by atoms with van der Waals surface area (Å²) in [6, 6.07) is 4.85. The number of thiocarbonyl (C=S) groups is 1. The van der Waals surface area contributed by atoms with E-state index in [-0.39, 0.29) is 0 Å². The van der Waals surface area contributed by atoms with Crippen molar-refractivity contribution < 1.29 is 0 Å². The lowest BCUT2D eigenvalue weighted by Gasteiger charge is -2.23. The second-order valence-corrected chi connectivity index (χ2v) is 5.79. The van der Waals surface area contributed by atoms with Crippen LogP contribution >= 0.6 is 23.6 Å². The average Bonchev–Trinajstić information content (AvgIpc) is 2.90. The van der Waals surface area contributed by atoms with Gasteiger partial charge in [0, 0.05) is 18.0 Å². The van der Waals surface area contributed by atoms with Gasteiger partial charge in [0.15, 0.2) is 5.11 Å². The van der Waals surface area contributed by atoms with E-state index in [4.69, 9.17) is 12.2 Å². The van der Waals surface area contributed by atoms with E-state index in [1.54, 1.807) is 11.3 Å². The highest BCUT2D eigenvalue weighted by Crippen LogP contribution is 2.18. The summed E-state index contributed by atoms with van der Waals surface area (Å²) < 4.78 is 0. The maximum absolute atomic E-state index is 5.41. The standard InChI is InChI=1S/C12H18N2S2/c1-14(9-11-7-4-8-16-11)12(15)13-10-5-2-3-6-10/h4,7-8,10H,2-3,5-6,9H2,1H3,(H,13,15).